The number of halogens is 2. The van der Waals surface area contributed by atoms with Gasteiger partial charge in [-0.05, 0) is 91.3 Å². The first-order chi connectivity index (χ1) is 25.7. The number of hydrogen-bond donors (Lipinski definition) is 2. The van der Waals surface area contributed by atoms with Crippen molar-refractivity contribution < 1.29 is 37.0 Å². The molecule has 296 valence electrons. The normalized spacial score (nSPS) is 26.7. The van der Waals surface area contributed by atoms with Crippen LogP contribution >= 0.6 is 11.6 Å². The van der Waals surface area contributed by atoms with Gasteiger partial charge in [0.05, 0.1) is 24.8 Å². The lowest BCUT2D eigenvalue weighted by Crippen LogP contribution is -2.52. The van der Waals surface area contributed by atoms with Gasteiger partial charge in [0.25, 0.3) is 5.91 Å². The number of carbonyl (C=O) groups excluding carboxylic acids is 2. The number of ether oxygens (including phenoxy) is 2. The Labute approximate surface area is 323 Å². The largest absolute Gasteiger partial charge is 0.487 e. The Bertz CT molecular complexity index is 1810. The van der Waals surface area contributed by atoms with E-state index < -0.39 is 40.2 Å². The predicted octanol–water partition coefficient (Wildman–Crippen LogP) is 4.05. The van der Waals surface area contributed by atoms with Crippen LogP contribution in [0.3, 0.4) is 0 Å². The number of anilines is 1. The van der Waals surface area contributed by atoms with E-state index in [0.29, 0.717) is 68.8 Å². The average molecular weight is 790 g/mol. The molecule has 2 bridgehead atoms. The smallest absolute Gasteiger partial charge is 0.303 e. The second kappa shape index (κ2) is 17.3. The van der Waals surface area contributed by atoms with Crippen molar-refractivity contribution in [3.63, 3.8) is 0 Å². The zero-order valence-electron chi connectivity index (χ0n) is 31.4. The third-order valence-electron chi connectivity index (χ3n) is 11.3. The molecular weight excluding hydrogens is 737 g/mol. The average Bonchev–Trinajstić information content (AvgIpc) is 3.13. The molecule has 0 spiro atoms. The Morgan fingerprint density at radius 1 is 1.11 bits per heavy atom. The molecule has 4 aliphatic rings. The van der Waals surface area contributed by atoms with Crippen LogP contribution in [0.5, 0.6) is 5.75 Å². The minimum atomic E-state index is -4.31. The van der Waals surface area contributed by atoms with Crippen LogP contribution < -0.4 is 14.4 Å². The molecule has 2 N–H and O–H groups in total. The maximum absolute atomic E-state index is 13.9. The van der Waals surface area contributed by atoms with Crippen molar-refractivity contribution >= 4 is 39.3 Å². The third-order valence-corrected chi connectivity index (χ3v) is 12.9. The van der Waals surface area contributed by atoms with Crippen molar-refractivity contribution in [3.05, 3.63) is 70.3 Å². The predicted molar refractivity (Wildman–Crippen MR) is 205 cm³/mol. The topological polar surface area (TPSA) is 132 Å². The van der Waals surface area contributed by atoms with Crippen molar-refractivity contribution in [1.29, 1.82) is 0 Å². The van der Waals surface area contributed by atoms with Gasteiger partial charge in [-0.25, -0.2) is 9.11 Å². The lowest BCUT2D eigenvalue weighted by Gasteiger charge is -2.44. The van der Waals surface area contributed by atoms with E-state index in [1.807, 2.05) is 29.0 Å². The van der Waals surface area contributed by atoms with Crippen LogP contribution in [0.25, 0.3) is 0 Å². The highest BCUT2D eigenvalue weighted by Gasteiger charge is 2.44. The molecule has 1 aliphatic carbocycles. The number of alkyl halides is 1. The molecule has 2 fully saturated rings. The summed E-state index contributed by atoms with van der Waals surface area (Å²) in [4.78, 5) is 33.3. The standard InChI is InChI=1S/C39H53ClFN5O7S/c1-43(2)54(50,51)42-38(48)39(49)22-37(47)44(3)16-6-5-9-35(52-19-18-45-24-32(41)25-45)33-14-11-28(33)23-46-17-7-4-8-27-20-31(40)13-10-29(27)26-53-36-15-12-30(39)21-34(36)46/h5,9-10,12-13,15,20-21,28,32-33,35,49H,4,6-8,11,14,16-19,22-26H2,1-3H3,(H,42,48)/b9-5+/t28-,33+,35-,39+/m0/s1. The van der Waals surface area contributed by atoms with Gasteiger partial charge in [-0.2, -0.15) is 12.7 Å². The van der Waals surface area contributed by atoms with Crippen molar-refractivity contribution in [2.75, 3.05) is 71.9 Å². The summed E-state index contributed by atoms with van der Waals surface area (Å²) in [7, 11) is -0.184. The highest BCUT2D eigenvalue weighted by atomic mass is 35.5. The van der Waals surface area contributed by atoms with E-state index in [0.717, 1.165) is 47.5 Å². The van der Waals surface area contributed by atoms with Gasteiger partial charge >= 0.3 is 10.2 Å². The first kappa shape index (κ1) is 40.4. The van der Waals surface area contributed by atoms with E-state index in [9.17, 15) is 27.5 Å². The fourth-order valence-electron chi connectivity index (χ4n) is 7.65. The van der Waals surface area contributed by atoms with E-state index in [-0.39, 0.29) is 30.1 Å². The molecule has 3 aliphatic heterocycles. The Morgan fingerprint density at radius 2 is 1.91 bits per heavy atom. The van der Waals surface area contributed by atoms with Crippen LogP contribution in [0.2, 0.25) is 5.02 Å². The summed E-state index contributed by atoms with van der Waals surface area (Å²) in [5.74, 6) is -0.772. The maximum Gasteiger partial charge on any atom is 0.303 e. The summed E-state index contributed by atoms with van der Waals surface area (Å²) in [6.07, 6.45) is 7.46. The van der Waals surface area contributed by atoms with Gasteiger partial charge in [-0.3, -0.25) is 14.5 Å². The van der Waals surface area contributed by atoms with Crippen molar-refractivity contribution in [1.82, 2.24) is 18.8 Å². The van der Waals surface area contributed by atoms with Crippen LogP contribution in [0.15, 0.2) is 48.6 Å². The SMILES string of the molecule is CN1CC/C=C/[C@H](OCCN2CC(F)C2)[C@@H]2CC[C@H]2CN2CCCCc3cc(Cl)ccc3COc3ccc(cc32)[C@@](O)(C(=O)NS(=O)(=O)N(C)C)CC1=O. The Hall–Kier alpha value is -3.27. The number of aliphatic hydroxyl groups is 1. The molecule has 12 nitrogen and oxygen atoms in total. The quantitative estimate of drug-likeness (QED) is 0.399. The maximum atomic E-state index is 13.9. The molecule has 3 heterocycles. The minimum Gasteiger partial charge on any atom is -0.487 e. The lowest BCUT2D eigenvalue weighted by molar-refractivity contribution is -0.148. The van der Waals surface area contributed by atoms with E-state index in [1.54, 1.807) is 19.2 Å². The Morgan fingerprint density at radius 3 is 2.63 bits per heavy atom. The summed E-state index contributed by atoms with van der Waals surface area (Å²) in [6, 6.07) is 10.7. The van der Waals surface area contributed by atoms with Crippen molar-refractivity contribution in [2.24, 2.45) is 11.8 Å². The fourth-order valence-corrected chi connectivity index (χ4v) is 8.43. The molecule has 6 rings (SSSR count). The first-order valence-corrected chi connectivity index (χ1v) is 20.7. The molecule has 1 saturated heterocycles. The fraction of sp³-hybridized carbons (Fsp3) is 0.590. The minimum absolute atomic E-state index is 0.0741. The molecule has 0 radical (unpaired) electrons. The van der Waals surface area contributed by atoms with Crippen molar-refractivity contribution in [2.45, 2.75) is 69.4 Å². The number of nitrogens with one attached hydrogen (secondary N) is 1. The molecule has 2 aromatic rings. The van der Waals surface area contributed by atoms with Gasteiger partial charge in [0, 0.05) is 65.4 Å². The number of benzene rings is 2. The summed E-state index contributed by atoms with van der Waals surface area (Å²) in [6.45, 7) is 3.88. The number of likely N-dealkylation sites (tertiary alicyclic amines) is 1. The van der Waals surface area contributed by atoms with Crippen molar-refractivity contribution in [3.8, 4) is 5.75 Å². The number of carbonyl (C=O) groups is 2. The van der Waals surface area contributed by atoms with Crippen LogP contribution in [0.4, 0.5) is 10.1 Å². The lowest BCUT2D eigenvalue weighted by atomic mass is 9.70. The molecule has 0 unspecified atom stereocenters. The summed E-state index contributed by atoms with van der Waals surface area (Å²) in [5, 5.41) is 12.9. The monoisotopic (exact) mass is 789 g/mol. The van der Waals surface area contributed by atoms with Crippen LogP contribution in [0.1, 0.15) is 55.2 Å². The van der Waals surface area contributed by atoms with Gasteiger partial charge in [0.1, 0.15) is 18.5 Å². The number of rotatable bonds is 7. The highest BCUT2D eigenvalue weighted by molar-refractivity contribution is 7.87. The number of aryl methyl sites for hydroxylation is 1. The second-order valence-corrected chi connectivity index (χ2v) is 17.6. The van der Waals surface area contributed by atoms with Gasteiger partial charge < -0.3 is 24.4 Å². The Kier molecular flexibility index (Phi) is 12.9. The Balaban J connectivity index is 1.39. The number of fused-ring (bicyclic) bond motifs is 3. The molecule has 15 heteroatoms. The molecule has 54 heavy (non-hydrogen) atoms. The van der Waals surface area contributed by atoms with Gasteiger partial charge in [-0.15, -0.1) is 0 Å². The molecule has 2 amide bonds. The second-order valence-electron chi connectivity index (χ2n) is 15.3. The van der Waals surface area contributed by atoms with E-state index in [4.69, 9.17) is 21.1 Å². The summed E-state index contributed by atoms with van der Waals surface area (Å²) in [5.41, 5.74) is 0.291. The summed E-state index contributed by atoms with van der Waals surface area (Å²) < 4.78 is 55.0. The number of nitrogens with zero attached hydrogens (tertiary/aromatic N) is 4. The molecular formula is C39H53ClFN5O7S. The van der Waals surface area contributed by atoms with Crippen LogP contribution in [-0.4, -0.2) is 119 Å². The zero-order valence-corrected chi connectivity index (χ0v) is 33.0. The van der Waals surface area contributed by atoms with Crippen LogP contribution in [-0.2, 0) is 43.2 Å². The highest BCUT2D eigenvalue weighted by Crippen LogP contribution is 2.43. The molecule has 4 atom stereocenters. The first-order valence-electron chi connectivity index (χ1n) is 18.9. The third kappa shape index (κ3) is 9.39. The zero-order chi connectivity index (χ0) is 38.6. The molecule has 2 aromatic carbocycles. The van der Waals surface area contributed by atoms with E-state index in [1.165, 1.54) is 25.1 Å². The molecule has 0 aromatic heterocycles. The summed E-state index contributed by atoms with van der Waals surface area (Å²) >= 11 is 6.38. The van der Waals surface area contributed by atoms with E-state index >= 15 is 0 Å². The van der Waals surface area contributed by atoms with Gasteiger partial charge in [0.15, 0.2) is 5.60 Å². The van der Waals surface area contributed by atoms with E-state index in [2.05, 4.69) is 15.9 Å². The number of hydrogen-bond acceptors (Lipinski definition) is 9. The van der Waals surface area contributed by atoms with Gasteiger partial charge in [-0.1, -0.05) is 35.9 Å². The van der Waals surface area contributed by atoms with Gasteiger partial charge in [0.2, 0.25) is 5.91 Å². The van der Waals surface area contributed by atoms with Crippen LogP contribution in [0, 0.1) is 11.8 Å². The molecule has 1 saturated carbocycles. The number of amides is 2.